The summed E-state index contributed by atoms with van der Waals surface area (Å²) in [6, 6.07) is 5.80. The zero-order chi connectivity index (χ0) is 9.84. The van der Waals surface area contributed by atoms with Crippen LogP contribution >= 0.6 is 15.9 Å². The molecule has 0 bridgehead atoms. The Bertz CT molecular complexity index is 284. The first-order valence-corrected chi connectivity index (χ1v) is 4.96. The molecule has 1 rings (SSSR count). The molecule has 0 aliphatic heterocycles. The smallest absolute Gasteiger partial charge is 0.122 e. The molecule has 1 atom stereocenters. The molecule has 0 aliphatic carbocycles. The van der Waals surface area contributed by atoms with Crippen LogP contribution in [0.5, 0.6) is 5.75 Å². The lowest BCUT2D eigenvalue weighted by Gasteiger charge is -2.10. The van der Waals surface area contributed by atoms with Crippen LogP contribution in [0.2, 0.25) is 0 Å². The molecular weight excluding hydrogens is 232 g/mol. The Morgan fingerprint density at radius 1 is 1.54 bits per heavy atom. The second-order valence-corrected chi connectivity index (χ2v) is 3.99. The van der Waals surface area contributed by atoms with E-state index in [0.29, 0.717) is 6.61 Å². The van der Waals surface area contributed by atoms with E-state index in [9.17, 15) is 0 Å². The summed E-state index contributed by atoms with van der Waals surface area (Å²) in [4.78, 5) is 0. The van der Waals surface area contributed by atoms with E-state index in [0.717, 1.165) is 15.8 Å². The number of aliphatic hydroxyl groups excluding tert-OH is 1. The van der Waals surface area contributed by atoms with Crippen LogP contribution in [0.1, 0.15) is 12.5 Å². The lowest BCUT2D eigenvalue weighted by molar-refractivity contribution is 0.122. The van der Waals surface area contributed by atoms with Crippen molar-refractivity contribution in [2.75, 3.05) is 6.61 Å². The molecule has 2 nitrogen and oxygen atoms in total. The number of rotatable bonds is 3. The van der Waals surface area contributed by atoms with Crippen molar-refractivity contribution in [3.63, 3.8) is 0 Å². The van der Waals surface area contributed by atoms with Crippen molar-refractivity contribution >= 4 is 15.9 Å². The van der Waals surface area contributed by atoms with Crippen LogP contribution in [0.3, 0.4) is 0 Å². The second-order valence-electron chi connectivity index (χ2n) is 3.07. The van der Waals surface area contributed by atoms with Gasteiger partial charge in [-0.2, -0.15) is 0 Å². The van der Waals surface area contributed by atoms with Crippen molar-refractivity contribution in [3.8, 4) is 5.75 Å². The number of hydrogen-bond donors (Lipinski definition) is 1. The van der Waals surface area contributed by atoms with Gasteiger partial charge in [0.05, 0.1) is 6.10 Å². The molecular formula is C10H13BrO2. The Balaban J connectivity index is 2.67. The largest absolute Gasteiger partial charge is 0.491 e. The second kappa shape index (κ2) is 4.63. The third-order valence-electron chi connectivity index (χ3n) is 1.62. The number of hydrogen-bond acceptors (Lipinski definition) is 2. The van der Waals surface area contributed by atoms with E-state index >= 15 is 0 Å². The van der Waals surface area contributed by atoms with Crippen LogP contribution in [-0.4, -0.2) is 17.8 Å². The summed E-state index contributed by atoms with van der Waals surface area (Å²) in [6.07, 6.45) is -0.428. The average Bonchev–Trinajstić information content (AvgIpc) is 2.02. The summed E-state index contributed by atoms with van der Waals surface area (Å²) in [5.41, 5.74) is 1.06. The van der Waals surface area contributed by atoms with Gasteiger partial charge in [0.25, 0.3) is 0 Å². The van der Waals surface area contributed by atoms with Gasteiger partial charge in [0.15, 0.2) is 0 Å². The van der Waals surface area contributed by atoms with Crippen LogP contribution in [0.25, 0.3) is 0 Å². The Morgan fingerprint density at radius 2 is 2.23 bits per heavy atom. The Labute approximate surface area is 86.7 Å². The highest BCUT2D eigenvalue weighted by atomic mass is 79.9. The maximum Gasteiger partial charge on any atom is 0.122 e. The monoisotopic (exact) mass is 244 g/mol. The highest BCUT2D eigenvalue weighted by Crippen LogP contribution is 2.22. The fourth-order valence-corrected chi connectivity index (χ4v) is 1.46. The van der Waals surface area contributed by atoms with Crippen LogP contribution in [0.4, 0.5) is 0 Å². The summed E-state index contributed by atoms with van der Waals surface area (Å²) in [5.74, 6) is 0.823. The molecule has 0 fully saturated rings. The van der Waals surface area contributed by atoms with E-state index in [1.165, 1.54) is 0 Å². The van der Waals surface area contributed by atoms with Crippen LogP contribution < -0.4 is 4.74 Å². The minimum Gasteiger partial charge on any atom is -0.491 e. The van der Waals surface area contributed by atoms with Gasteiger partial charge in [-0.25, -0.2) is 0 Å². The molecule has 0 aromatic heterocycles. The van der Waals surface area contributed by atoms with Crippen molar-refractivity contribution < 1.29 is 9.84 Å². The van der Waals surface area contributed by atoms with Gasteiger partial charge in [0, 0.05) is 4.47 Å². The zero-order valence-electron chi connectivity index (χ0n) is 7.75. The van der Waals surface area contributed by atoms with Crippen molar-refractivity contribution in [3.05, 3.63) is 28.2 Å². The number of halogens is 1. The first kappa shape index (κ1) is 10.5. The predicted molar refractivity (Wildman–Crippen MR) is 56.1 cm³/mol. The molecule has 0 saturated carbocycles. The predicted octanol–water partition coefficient (Wildman–Crippen LogP) is 2.52. The molecule has 0 amide bonds. The van der Waals surface area contributed by atoms with Gasteiger partial charge in [-0.1, -0.05) is 15.9 Å². The van der Waals surface area contributed by atoms with E-state index in [-0.39, 0.29) is 0 Å². The molecule has 0 heterocycles. The highest BCUT2D eigenvalue weighted by Gasteiger charge is 2.01. The molecule has 13 heavy (non-hydrogen) atoms. The van der Waals surface area contributed by atoms with Crippen molar-refractivity contribution in [1.82, 2.24) is 0 Å². The minimum absolute atomic E-state index is 0.336. The normalized spacial score (nSPS) is 12.6. The van der Waals surface area contributed by atoms with E-state index < -0.39 is 6.10 Å². The summed E-state index contributed by atoms with van der Waals surface area (Å²) < 4.78 is 6.42. The SMILES string of the molecule is Cc1cc(Br)ccc1OC[C@@H](C)O. The van der Waals surface area contributed by atoms with Gasteiger partial charge in [-0.3, -0.25) is 0 Å². The molecule has 1 N–H and O–H groups in total. The summed E-state index contributed by atoms with van der Waals surface area (Å²) in [7, 11) is 0. The number of aryl methyl sites for hydroxylation is 1. The van der Waals surface area contributed by atoms with Crippen molar-refractivity contribution in [1.29, 1.82) is 0 Å². The fraction of sp³-hybridized carbons (Fsp3) is 0.400. The molecule has 1 aromatic rings. The Kier molecular flexibility index (Phi) is 3.75. The van der Waals surface area contributed by atoms with E-state index in [1.807, 2.05) is 25.1 Å². The quantitative estimate of drug-likeness (QED) is 0.886. The Morgan fingerprint density at radius 3 is 2.77 bits per heavy atom. The third-order valence-corrected chi connectivity index (χ3v) is 2.11. The van der Waals surface area contributed by atoms with Crippen LogP contribution in [0, 0.1) is 6.92 Å². The average molecular weight is 245 g/mol. The molecule has 0 aliphatic rings. The van der Waals surface area contributed by atoms with Gasteiger partial charge in [-0.15, -0.1) is 0 Å². The molecule has 0 unspecified atom stereocenters. The number of benzene rings is 1. The molecule has 0 radical (unpaired) electrons. The minimum atomic E-state index is -0.428. The summed E-state index contributed by atoms with van der Waals surface area (Å²) >= 11 is 3.37. The van der Waals surface area contributed by atoms with Crippen LogP contribution in [0.15, 0.2) is 22.7 Å². The van der Waals surface area contributed by atoms with Crippen LogP contribution in [-0.2, 0) is 0 Å². The van der Waals surface area contributed by atoms with Gasteiger partial charge in [0.2, 0.25) is 0 Å². The summed E-state index contributed by atoms with van der Waals surface area (Å²) in [5, 5.41) is 9.02. The molecule has 0 saturated heterocycles. The van der Waals surface area contributed by atoms with Crippen molar-refractivity contribution in [2.24, 2.45) is 0 Å². The van der Waals surface area contributed by atoms with Gasteiger partial charge < -0.3 is 9.84 Å². The van der Waals surface area contributed by atoms with E-state index in [2.05, 4.69) is 15.9 Å². The fourth-order valence-electron chi connectivity index (χ4n) is 0.985. The first-order chi connectivity index (χ1) is 6.09. The highest BCUT2D eigenvalue weighted by molar-refractivity contribution is 9.10. The third kappa shape index (κ3) is 3.36. The topological polar surface area (TPSA) is 29.5 Å². The van der Waals surface area contributed by atoms with Gasteiger partial charge in [0.1, 0.15) is 12.4 Å². The molecule has 3 heteroatoms. The first-order valence-electron chi connectivity index (χ1n) is 4.16. The van der Waals surface area contributed by atoms with Gasteiger partial charge >= 0.3 is 0 Å². The van der Waals surface area contributed by atoms with E-state index in [4.69, 9.17) is 9.84 Å². The van der Waals surface area contributed by atoms with Crippen molar-refractivity contribution in [2.45, 2.75) is 20.0 Å². The maximum absolute atomic E-state index is 9.02. The zero-order valence-corrected chi connectivity index (χ0v) is 9.34. The lowest BCUT2D eigenvalue weighted by Crippen LogP contribution is -2.13. The lowest BCUT2D eigenvalue weighted by atomic mass is 10.2. The molecule has 72 valence electrons. The van der Waals surface area contributed by atoms with E-state index in [1.54, 1.807) is 6.92 Å². The molecule has 0 spiro atoms. The van der Waals surface area contributed by atoms with Gasteiger partial charge in [-0.05, 0) is 37.6 Å². The standard InChI is InChI=1S/C10H13BrO2/c1-7-5-9(11)3-4-10(7)13-6-8(2)12/h3-5,8,12H,6H2,1-2H3/t8-/m1/s1. The maximum atomic E-state index is 9.02. The Hall–Kier alpha value is -0.540. The number of ether oxygens (including phenoxy) is 1. The molecule has 1 aromatic carbocycles. The number of aliphatic hydroxyl groups is 1. The summed E-state index contributed by atoms with van der Waals surface area (Å²) in [6.45, 7) is 4.01.